The van der Waals surface area contributed by atoms with Gasteiger partial charge in [-0.2, -0.15) is 13.5 Å². The van der Waals surface area contributed by atoms with Crippen LogP contribution in [0.5, 0.6) is 11.5 Å². The summed E-state index contributed by atoms with van der Waals surface area (Å²) in [4.78, 5) is 12.2. The maximum Gasteiger partial charge on any atom is 0.276 e. The van der Waals surface area contributed by atoms with Crippen LogP contribution in [0.4, 0.5) is 5.69 Å². The number of methoxy groups -OCH3 is 1. The summed E-state index contributed by atoms with van der Waals surface area (Å²) in [6.45, 7) is 1.87. The van der Waals surface area contributed by atoms with Crippen molar-refractivity contribution in [3.05, 3.63) is 91.9 Å². The molecule has 172 valence electrons. The van der Waals surface area contributed by atoms with Gasteiger partial charge in [0.15, 0.2) is 11.5 Å². The van der Waals surface area contributed by atoms with E-state index >= 15 is 0 Å². The van der Waals surface area contributed by atoms with E-state index in [0.717, 1.165) is 11.6 Å². The molecule has 3 aromatic carbocycles. The number of hydrogen-bond donors (Lipinski definition) is 1. The molecule has 0 amide bonds. The number of hydrogen-bond acceptors (Lipinski definition) is 7. The Labute approximate surface area is 199 Å². The number of nitro benzene ring substituents is 1. The molecule has 0 saturated carbocycles. The van der Waals surface area contributed by atoms with Crippen LogP contribution in [0.15, 0.2) is 75.1 Å². The second-order valence-corrected chi connectivity index (χ2v) is 9.38. The van der Waals surface area contributed by atoms with Crippen LogP contribution in [-0.4, -0.2) is 26.7 Å². The Morgan fingerprint density at radius 3 is 2.55 bits per heavy atom. The van der Waals surface area contributed by atoms with E-state index in [1.807, 2.05) is 30.3 Å². The monoisotopic (exact) mass is 533 g/mol. The first-order valence-electron chi connectivity index (χ1n) is 9.55. The fourth-order valence-corrected chi connectivity index (χ4v) is 4.25. The fourth-order valence-electron chi connectivity index (χ4n) is 2.86. The highest BCUT2D eigenvalue weighted by atomic mass is 79.9. The molecular weight excluding hydrogens is 514 g/mol. The average Bonchev–Trinajstić information content (AvgIpc) is 2.78. The van der Waals surface area contributed by atoms with Crippen LogP contribution in [0.3, 0.4) is 0 Å². The zero-order chi connectivity index (χ0) is 24.0. The van der Waals surface area contributed by atoms with E-state index in [1.165, 1.54) is 32.4 Å². The van der Waals surface area contributed by atoms with E-state index in [0.29, 0.717) is 33.7 Å². The number of rotatable bonds is 9. The second kappa shape index (κ2) is 10.5. The summed E-state index contributed by atoms with van der Waals surface area (Å²) in [5.41, 5.74) is 1.58. The minimum Gasteiger partial charge on any atom is -0.493 e. The van der Waals surface area contributed by atoms with Crippen molar-refractivity contribution in [2.45, 2.75) is 18.4 Å². The third-order valence-corrected chi connectivity index (χ3v) is 6.36. The van der Waals surface area contributed by atoms with E-state index < -0.39 is 14.9 Å². The summed E-state index contributed by atoms with van der Waals surface area (Å²) in [6, 6.07) is 16.6. The lowest BCUT2D eigenvalue weighted by molar-refractivity contribution is -0.385. The molecular formula is C22H20BrN3O6S. The number of hydrazone groups is 1. The summed E-state index contributed by atoms with van der Waals surface area (Å²) in [5, 5.41) is 14.9. The van der Waals surface area contributed by atoms with Crippen LogP contribution in [0.2, 0.25) is 0 Å². The highest BCUT2D eigenvalue weighted by Gasteiger charge is 2.19. The first-order valence-corrected chi connectivity index (χ1v) is 11.8. The Morgan fingerprint density at radius 1 is 1.15 bits per heavy atom. The standard InChI is InChI=1S/C22H20BrN3O6S/c1-15-8-9-18(12-20(15)26(27)28)33(29,30)25-24-13-17-10-19(23)22(21(11-17)31-2)32-14-16-6-4-3-5-7-16/h3-13,25H,14H2,1-2H3/b24-13-. The van der Waals surface area contributed by atoms with Crippen LogP contribution < -0.4 is 14.3 Å². The lowest BCUT2D eigenvalue weighted by atomic mass is 10.2. The molecule has 33 heavy (non-hydrogen) atoms. The molecule has 0 atom stereocenters. The van der Waals surface area contributed by atoms with Crippen molar-refractivity contribution in [2.24, 2.45) is 5.10 Å². The molecule has 0 spiro atoms. The topological polar surface area (TPSA) is 120 Å². The van der Waals surface area contributed by atoms with E-state index in [-0.39, 0.29) is 10.6 Å². The smallest absolute Gasteiger partial charge is 0.276 e. The van der Waals surface area contributed by atoms with Crippen LogP contribution in [0, 0.1) is 17.0 Å². The molecule has 0 unspecified atom stereocenters. The van der Waals surface area contributed by atoms with Gasteiger partial charge < -0.3 is 9.47 Å². The van der Waals surface area contributed by atoms with Crippen molar-refractivity contribution in [2.75, 3.05) is 7.11 Å². The third kappa shape index (κ3) is 6.08. The maximum atomic E-state index is 12.5. The molecule has 0 fully saturated rings. The Hall–Kier alpha value is -3.44. The molecule has 0 aliphatic carbocycles. The van der Waals surface area contributed by atoms with Crippen molar-refractivity contribution >= 4 is 37.9 Å². The zero-order valence-electron chi connectivity index (χ0n) is 17.7. The first kappa shape index (κ1) is 24.2. The highest BCUT2D eigenvalue weighted by molar-refractivity contribution is 9.10. The van der Waals surface area contributed by atoms with Crippen LogP contribution in [-0.2, 0) is 16.6 Å². The maximum absolute atomic E-state index is 12.5. The van der Waals surface area contributed by atoms with Gasteiger partial charge in [-0.05, 0) is 52.2 Å². The number of nitrogens with one attached hydrogen (secondary N) is 1. The number of sulfonamides is 1. The van der Waals surface area contributed by atoms with Gasteiger partial charge in [0.05, 0.1) is 27.6 Å². The van der Waals surface area contributed by atoms with Crippen LogP contribution >= 0.6 is 15.9 Å². The van der Waals surface area contributed by atoms with Crippen molar-refractivity contribution in [3.63, 3.8) is 0 Å². The SMILES string of the molecule is COc1cc(/C=N\NS(=O)(=O)c2ccc(C)c([N+](=O)[O-])c2)cc(Br)c1OCc1ccccc1. The molecule has 1 N–H and O–H groups in total. The Morgan fingerprint density at radius 2 is 1.88 bits per heavy atom. The molecule has 0 saturated heterocycles. The lowest BCUT2D eigenvalue weighted by Gasteiger charge is -2.13. The quantitative estimate of drug-likeness (QED) is 0.244. The molecule has 0 radical (unpaired) electrons. The minimum atomic E-state index is -4.10. The van der Waals surface area contributed by atoms with Crippen molar-refractivity contribution in [1.82, 2.24) is 4.83 Å². The first-order chi connectivity index (χ1) is 15.7. The Balaban J connectivity index is 1.76. The molecule has 0 aromatic heterocycles. The number of nitro groups is 1. The van der Waals surface area contributed by atoms with Crippen molar-refractivity contribution < 1.29 is 22.8 Å². The van der Waals surface area contributed by atoms with Gasteiger partial charge in [-0.25, -0.2) is 4.83 Å². The van der Waals surface area contributed by atoms with Crippen LogP contribution in [0.25, 0.3) is 0 Å². The zero-order valence-corrected chi connectivity index (χ0v) is 20.1. The summed E-state index contributed by atoms with van der Waals surface area (Å²) in [6.07, 6.45) is 1.29. The summed E-state index contributed by atoms with van der Waals surface area (Å²) in [5.74, 6) is 0.921. The number of halogens is 1. The van der Waals surface area contributed by atoms with Gasteiger partial charge in [0.25, 0.3) is 15.7 Å². The van der Waals surface area contributed by atoms with Gasteiger partial charge in [-0.3, -0.25) is 10.1 Å². The Bertz CT molecular complexity index is 1300. The van der Waals surface area contributed by atoms with E-state index in [2.05, 4.69) is 25.9 Å². The molecule has 0 aliphatic rings. The number of benzene rings is 3. The normalized spacial score (nSPS) is 11.4. The van der Waals surface area contributed by atoms with E-state index in [1.54, 1.807) is 12.1 Å². The summed E-state index contributed by atoms with van der Waals surface area (Å²) < 4.78 is 36.8. The highest BCUT2D eigenvalue weighted by Crippen LogP contribution is 2.36. The predicted molar refractivity (Wildman–Crippen MR) is 127 cm³/mol. The van der Waals surface area contributed by atoms with Gasteiger partial charge >= 0.3 is 0 Å². The van der Waals surface area contributed by atoms with E-state index in [9.17, 15) is 18.5 Å². The summed E-state index contributed by atoms with van der Waals surface area (Å²) in [7, 11) is -2.61. The fraction of sp³-hybridized carbons (Fsp3) is 0.136. The van der Waals surface area contributed by atoms with Gasteiger partial charge in [0.2, 0.25) is 0 Å². The van der Waals surface area contributed by atoms with Gasteiger partial charge in [0, 0.05) is 11.6 Å². The van der Waals surface area contributed by atoms with Crippen molar-refractivity contribution in [3.8, 4) is 11.5 Å². The molecule has 0 bridgehead atoms. The molecule has 3 aromatic rings. The lowest BCUT2D eigenvalue weighted by Crippen LogP contribution is -2.18. The van der Waals surface area contributed by atoms with Crippen molar-refractivity contribution in [1.29, 1.82) is 0 Å². The van der Waals surface area contributed by atoms with E-state index in [4.69, 9.17) is 9.47 Å². The minimum absolute atomic E-state index is 0.264. The molecule has 11 heteroatoms. The summed E-state index contributed by atoms with van der Waals surface area (Å²) >= 11 is 3.44. The molecule has 3 rings (SSSR count). The van der Waals surface area contributed by atoms with Gasteiger partial charge in [0.1, 0.15) is 6.61 Å². The number of ether oxygens (including phenoxy) is 2. The molecule has 9 nitrogen and oxygen atoms in total. The molecule has 0 aliphatic heterocycles. The molecule has 0 heterocycles. The average molecular weight is 534 g/mol. The predicted octanol–water partition coefficient (Wildman–Crippen LogP) is 4.57. The van der Waals surface area contributed by atoms with Crippen LogP contribution in [0.1, 0.15) is 16.7 Å². The number of nitrogens with zero attached hydrogens (tertiary/aromatic N) is 2. The largest absolute Gasteiger partial charge is 0.493 e. The number of aryl methyl sites for hydroxylation is 1. The van der Waals surface area contributed by atoms with Gasteiger partial charge in [-0.15, -0.1) is 0 Å². The Kier molecular flexibility index (Phi) is 7.67. The third-order valence-electron chi connectivity index (χ3n) is 4.55. The second-order valence-electron chi connectivity index (χ2n) is 6.87. The van der Waals surface area contributed by atoms with Gasteiger partial charge in [-0.1, -0.05) is 36.4 Å².